The van der Waals surface area contributed by atoms with Gasteiger partial charge in [0.25, 0.3) is 5.88 Å². The van der Waals surface area contributed by atoms with Crippen LogP contribution in [0.25, 0.3) is 21.7 Å². The number of nitrogen functional groups attached to an aromatic ring is 1. The highest BCUT2D eigenvalue weighted by molar-refractivity contribution is 7.13. The molecule has 19 nitrogen and oxygen atoms in total. The number of phenolic OH excluding ortho intramolecular Hbond substituents is 1. The molecule has 3 aliphatic heterocycles. The average Bonchev–Trinajstić information content (AvgIpc) is 4.28. The van der Waals surface area contributed by atoms with E-state index in [9.17, 15) is 19.8 Å². The molecule has 3 saturated heterocycles. The highest BCUT2D eigenvalue weighted by Gasteiger charge is 2.44. The minimum absolute atomic E-state index is 0.00784. The number of nitrogens with two attached hydrogens (primary N) is 1. The number of benzene rings is 2. The van der Waals surface area contributed by atoms with E-state index < -0.39 is 18.1 Å². The van der Waals surface area contributed by atoms with Crippen LogP contribution in [0.15, 0.2) is 107 Å². The third kappa shape index (κ3) is 11.3. The van der Waals surface area contributed by atoms with Crippen molar-refractivity contribution in [3.05, 3.63) is 126 Å². The van der Waals surface area contributed by atoms with Gasteiger partial charge < -0.3 is 54.7 Å². The van der Waals surface area contributed by atoms with Crippen molar-refractivity contribution in [2.45, 2.75) is 121 Å². The number of nitrogens with zero attached hydrogens (tertiary/aromatic N) is 9. The van der Waals surface area contributed by atoms with E-state index in [1.807, 2.05) is 100 Å². The number of thiazole rings is 1. The maximum Gasteiger partial charge on any atom is 0.254 e. The molecule has 0 radical (unpaired) electrons. The average molecular weight is 1080 g/mol. The van der Waals surface area contributed by atoms with Crippen molar-refractivity contribution in [3.8, 4) is 45.0 Å². The summed E-state index contributed by atoms with van der Waals surface area (Å²) in [5.41, 5.74) is 15.2. The summed E-state index contributed by atoms with van der Waals surface area (Å²) in [7, 11) is 0. The van der Waals surface area contributed by atoms with Gasteiger partial charge in [0.2, 0.25) is 17.7 Å². The number of aliphatic hydroxyl groups excluding tert-OH is 1. The molecule has 78 heavy (non-hydrogen) atoms. The van der Waals surface area contributed by atoms with Crippen molar-refractivity contribution in [1.82, 2.24) is 40.5 Å². The number of ether oxygens (including phenoxy) is 3. The highest BCUT2D eigenvalue weighted by atomic mass is 32.1. The summed E-state index contributed by atoms with van der Waals surface area (Å²) in [4.78, 5) is 48.9. The van der Waals surface area contributed by atoms with E-state index in [4.69, 9.17) is 24.5 Å². The number of likely N-dealkylation sites (tertiary alicyclic amines) is 1. The molecule has 0 spiro atoms. The molecule has 2 unspecified atom stereocenters. The number of pyridine rings is 2. The molecular formula is C58H65N11O8S. The van der Waals surface area contributed by atoms with Crippen LogP contribution in [0.3, 0.4) is 0 Å². The number of carbonyl (C=O) groups excluding carboxylic acids is 2. The van der Waals surface area contributed by atoms with E-state index in [0.717, 1.165) is 77.5 Å². The first-order chi connectivity index (χ1) is 37.8. The van der Waals surface area contributed by atoms with E-state index in [2.05, 4.69) is 51.5 Å². The summed E-state index contributed by atoms with van der Waals surface area (Å²) >= 11 is 1.59. The fourth-order valence-electron chi connectivity index (χ4n) is 11.3. The van der Waals surface area contributed by atoms with Crippen LogP contribution in [0.4, 0.5) is 17.2 Å². The fraction of sp³-hybridized carbons (Fsp3) is 0.414. The van der Waals surface area contributed by atoms with Gasteiger partial charge in [-0.15, -0.1) is 21.5 Å². The Morgan fingerprint density at radius 3 is 2.40 bits per heavy atom. The number of nitrogens with one attached hydrogen (secondary N) is 1. The second-order valence-corrected chi connectivity index (χ2v) is 22.1. The lowest BCUT2D eigenvalue weighted by atomic mass is 9.91. The zero-order valence-corrected chi connectivity index (χ0v) is 45.0. The molecule has 2 aromatic carbocycles. The molecule has 20 heteroatoms. The number of aromatic hydroxyl groups is 1. The topological polar surface area (TPSA) is 241 Å². The van der Waals surface area contributed by atoms with Crippen molar-refractivity contribution < 1.29 is 38.5 Å². The number of piperazine rings is 1. The summed E-state index contributed by atoms with van der Waals surface area (Å²) in [6.45, 7) is 9.66. The van der Waals surface area contributed by atoms with Gasteiger partial charge in [0.05, 0.1) is 52.4 Å². The van der Waals surface area contributed by atoms with Crippen LogP contribution in [-0.2, 0) is 16.0 Å². The number of aryl methyl sites for hydroxylation is 2. The first-order valence-corrected chi connectivity index (χ1v) is 27.8. The SMILES string of the molecule is Cc1ncsc1-c1ccc([C@H](C)NC(=O)[C@@H]2C[C@@H](O)CN2C(=O)[C@@H](c2cc(OCCCc3ccc(OC4CC(Oc5cc(N6C7CCC6CN(c6cc(-c8ccccc8O)nnc6N)C7)ccn5)C4)cn3)no2)C(C)C)cc1. The zero-order valence-electron chi connectivity index (χ0n) is 44.1. The minimum atomic E-state index is -0.841. The summed E-state index contributed by atoms with van der Waals surface area (Å²) < 4.78 is 24.3. The molecule has 11 rings (SSSR count). The number of hydrogen-bond acceptors (Lipinski definition) is 18. The third-order valence-electron chi connectivity index (χ3n) is 15.5. The molecule has 1 aliphatic carbocycles. The minimum Gasteiger partial charge on any atom is -0.507 e. The number of anilines is 3. The highest BCUT2D eigenvalue weighted by Crippen LogP contribution is 2.41. The van der Waals surface area contributed by atoms with Gasteiger partial charge in [-0.3, -0.25) is 14.6 Å². The Hall–Kier alpha value is -7.84. The van der Waals surface area contributed by atoms with Crippen LogP contribution in [0.2, 0.25) is 0 Å². The summed E-state index contributed by atoms with van der Waals surface area (Å²) in [6.07, 6.45) is 7.77. The molecule has 4 fully saturated rings. The molecule has 2 bridgehead atoms. The first-order valence-electron chi connectivity index (χ1n) is 26.9. The molecular weight excluding hydrogens is 1010 g/mol. The van der Waals surface area contributed by atoms with Gasteiger partial charge in [0.1, 0.15) is 35.7 Å². The number of phenols is 1. The number of aromatic nitrogens is 6. The lowest BCUT2D eigenvalue weighted by molar-refractivity contribution is -0.141. The van der Waals surface area contributed by atoms with Crippen LogP contribution >= 0.6 is 11.3 Å². The van der Waals surface area contributed by atoms with Crippen molar-refractivity contribution in [2.75, 3.05) is 41.8 Å². The number of amides is 2. The van der Waals surface area contributed by atoms with Crippen molar-refractivity contribution in [3.63, 3.8) is 0 Å². The van der Waals surface area contributed by atoms with Gasteiger partial charge in [-0.2, -0.15) is 0 Å². The quantitative estimate of drug-likeness (QED) is 0.0560. The van der Waals surface area contributed by atoms with Gasteiger partial charge >= 0.3 is 0 Å². The number of aliphatic hydroxyl groups is 1. The lowest BCUT2D eigenvalue weighted by Gasteiger charge is -2.43. The van der Waals surface area contributed by atoms with Crippen LogP contribution in [0.5, 0.6) is 23.3 Å². The number of rotatable bonds is 19. The Morgan fingerprint density at radius 1 is 0.885 bits per heavy atom. The van der Waals surface area contributed by atoms with E-state index in [-0.39, 0.29) is 72.7 Å². The van der Waals surface area contributed by atoms with Gasteiger partial charge in [0, 0.05) is 86.3 Å². The predicted molar refractivity (Wildman–Crippen MR) is 294 cm³/mol. The molecule has 6 atom stereocenters. The van der Waals surface area contributed by atoms with E-state index >= 15 is 0 Å². The molecule has 8 heterocycles. The molecule has 7 aromatic rings. The second-order valence-electron chi connectivity index (χ2n) is 21.3. The number of carbonyl (C=O) groups is 2. The Bertz CT molecular complexity index is 3210. The summed E-state index contributed by atoms with van der Waals surface area (Å²) in [5.74, 6) is 0.859. The predicted octanol–water partition coefficient (Wildman–Crippen LogP) is 8.08. The van der Waals surface area contributed by atoms with Gasteiger partial charge in [-0.25, -0.2) is 9.97 Å². The van der Waals surface area contributed by atoms with Gasteiger partial charge in [0.15, 0.2) is 11.6 Å². The number of hydrogen-bond donors (Lipinski definition) is 4. The molecule has 1 saturated carbocycles. The van der Waals surface area contributed by atoms with Crippen molar-refractivity contribution in [2.24, 2.45) is 5.92 Å². The van der Waals surface area contributed by atoms with E-state index in [0.29, 0.717) is 53.9 Å². The zero-order chi connectivity index (χ0) is 54.0. The van der Waals surface area contributed by atoms with E-state index in [1.165, 1.54) is 4.90 Å². The molecule has 2 amide bonds. The van der Waals surface area contributed by atoms with Gasteiger partial charge in [-0.05, 0) is 98.1 Å². The smallest absolute Gasteiger partial charge is 0.254 e. The number of β-amino-alcohol motifs (C(OH)–C–C–N with tert-alkyl or cyclic N) is 1. The Morgan fingerprint density at radius 2 is 1.67 bits per heavy atom. The summed E-state index contributed by atoms with van der Waals surface area (Å²) in [5, 5.41) is 36.9. The maximum atomic E-state index is 14.2. The number of fused-ring (bicyclic) bond motifs is 2. The molecule has 5 N–H and O–H groups in total. The van der Waals surface area contributed by atoms with Crippen LogP contribution in [0, 0.1) is 12.8 Å². The normalized spacial score (nSPS) is 21.5. The largest absolute Gasteiger partial charge is 0.507 e. The number of para-hydroxylation sites is 1. The molecule has 4 aliphatic rings. The summed E-state index contributed by atoms with van der Waals surface area (Å²) in [6, 6.07) is 26.1. The van der Waals surface area contributed by atoms with Crippen LogP contribution < -0.4 is 35.1 Å². The van der Waals surface area contributed by atoms with E-state index in [1.54, 1.807) is 35.7 Å². The van der Waals surface area contributed by atoms with Crippen molar-refractivity contribution in [1.29, 1.82) is 0 Å². The Kier molecular flexibility index (Phi) is 15.2. The second kappa shape index (κ2) is 22.6. The molecule has 406 valence electrons. The Balaban J connectivity index is 0.611. The maximum absolute atomic E-state index is 14.2. The van der Waals surface area contributed by atoms with Crippen LogP contribution in [-0.4, -0.2) is 120 Å². The third-order valence-corrected chi connectivity index (χ3v) is 16.5. The monoisotopic (exact) mass is 1080 g/mol. The van der Waals surface area contributed by atoms with Crippen LogP contribution in [0.1, 0.15) is 94.0 Å². The Labute approximate surface area is 456 Å². The standard InChI is InChI=1S/C58H65N11O8S/c1-33(2)54(58(73)68-31-42(70)23-49(68)57(72)63-34(3)36-11-13-37(14-12-36)55-35(4)62-32-78-55)51-27-53(66-77-51)74-21-7-8-38-15-18-43(28-61-38)75-44-24-45(25-44)76-52-22-39(19-20-60-52)69-40-16-17-41(69)30-67(29-40)48-26-47(64-65-56(48)59)46-9-5-6-10-50(46)71/h5-6,9-15,18-20,22,26-28,32-34,40-42,44-45,49,54,70-71H,7-8,16-17,21,23-25,29-31H2,1-4H3,(H2,59,65)(H,63,72)/t34-,40?,41?,42+,44?,45?,49-,54+/m0/s1. The first kappa shape index (κ1) is 52.2. The van der Waals surface area contributed by atoms with Gasteiger partial charge in [-0.1, -0.05) is 50.2 Å². The fourth-order valence-corrected chi connectivity index (χ4v) is 12.2. The lowest BCUT2D eigenvalue weighted by Crippen LogP contribution is -2.54. The molecule has 5 aromatic heterocycles. The van der Waals surface area contributed by atoms with Crippen molar-refractivity contribution >= 4 is 40.3 Å².